The number of hydrogen-bond donors (Lipinski definition) is 3. The smallest absolute Gasteiger partial charge is 0.418 e. The van der Waals surface area contributed by atoms with E-state index in [-0.39, 0.29) is 6.54 Å². The minimum Gasteiger partial charge on any atom is -0.423 e. The first-order valence-electron chi connectivity index (χ1n) is 10.4. The Balaban J connectivity index is 1.25. The molecule has 0 saturated carbocycles. The number of unbranched alkanes of at least 4 members (excludes halogenated alkanes) is 1. The summed E-state index contributed by atoms with van der Waals surface area (Å²) in [7, 11) is -4.76. The molecule has 0 spiro atoms. The van der Waals surface area contributed by atoms with E-state index in [9.17, 15) is 13.2 Å². The summed E-state index contributed by atoms with van der Waals surface area (Å²) >= 11 is 0. The second kappa shape index (κ2) is 9.14. The Kier molecular flexibility index (Phi) is 6.53. The molecule has 1 aromatic rings. The zero-order chi connectivity index (χ0) is 21.1. The first-order chi connectivity index (χ1) is 14.4. The van der Waals surface area contributed by atoms with Crippen LogP contribution in [0.5, 0.6) is 0 Å². The summed E-state index contributed by atoms with van der Waals surface area (Å²) in [6.07, 6.45) is 5.98. The number of nitrogens with one attached hydrogen (secondary N) is 2. The van der Waals surface area contributed by atoms with Crippen molar-refractivity contribution in [1.29, 1.82) is 0 Å². The standard InChI is InChI=1S/C17H28N6O6S/c24-17-22-11-13(23(17)29-30(25,26)27)4-5-14(22)16-21-20-15(28-16)3-1-2-8-19-12-6-9-18-10-7-12/h12-14,18-19H,1-11H2,(H,25,26,27). The van der Waals surface area contributed by atoms with Gasteiger partial charge in [-0.25, -0.2) is 4.79 Å². The number of hydroxylamine groups is 2. The second-order valence-corrected chi connectivity index (χ2v) is 8.98. The fourth-order valence-corrected chi connectivity index (χ4v) is 4.71. The summed E-state index contributed by atoms with van der Waals surface area (Å²) < 4.78 is 41.1. The number of amides is 2. The third kappa shape index (κ3) is 5.09. The monoisotopic (exact) mass is 444 g/mol. The van der Waals surface area contributed by atoms with Crippen LogP contribution < -0.4 is 10.6 Å². The van der Waals surface area contributed by atoms with E-state index in [1.54, 1.807) is 0 Å². The van der Waals surface area contributed by atoms with Gasteiger partial charge in [0.1, 0.15) is 6.04 Å². The molecule has 2 atom stereocenters. The first-order valence-corrected chi connectivity index (χ1v) is 11.8. The minimum absolute atomic E-state index is 0.277. The van der Waals surface area contributed by atoms with Crippen LogP contribution in [0.1, 0.15) is 56.3 Å². The summed E-state index contributed by atoms with van der Waals surface area (Å²) in [6, 6.07) is -0.903. The highest BCUT2D eigenvalue weighted by atomic mass is 32.3. The molecule has 0 aromatic carbocycles. The van der Waals surface area contributed by atoms with Crippen molar-refractivity contribution in [2.75, 3.05) is 26.2 Å². The van der Waals surface area contributed by atoms with Gasteiger partial charge in [0.05, 0.1) is 6.04 Å². The third-order valence-electron chi connectivity index (χ3n) is 5.85. The lowest BCUT2D eigenvalue weighted by Crippen LogP contribution is -2.40. The van der Waals surface area contributed by atoms with Crippen molar-refractivity contribution >= 4 is 16.4 Å². The highest BCUT2D eigenvalue weighted by Gasteiger charge is 2.49. The van der Waals surface area contributed by atoms with Gasteiger partial charge in [-0.3, -0.25) is 4.55 Å². The molecule has 4 heterocycles. The number of urea groups is 1. The number of carbonyl (C=O) groups is 1. The zero-order valence-corrected chi connectivity index (χ0v) is 17.5. The minimum atomic E-state index is -4.76. The van der Waals surface area contributed by atoms with Crippen LogP contribution in [0.2, 0.25) is 0 Å². The molecule has 3 fully saturated rings. The number of carbonyl (C=O) groups excluding carboxylic acids is 1. The SMILES string of the molecule is O=C1N2CC(CCC2c2nnc(CCCCNC3CCNCC3)o2)N1OS(=O)(=O)O. The van der Waals surface area contributed by atoms with Gasteiger partial charge in [-0.15, -0.1) is 14.5 Å². The van der Waals surface area contributed by atoms with Crippen LogP contribution in [0.25, 0.3) is 0 Å². The fraction of sp³-hybridized carbons (Fsp3) is 0.824. The topological polar surface area (TPSA) is 150 Å². The molecule has 12 nitrogen and oxygen atoms in total. The maximum atomic E-state index is 12.5. The summed E-state index contributed by atoms with van der Waals surface area (Å²) in [5.41, 5.74) is 0. The van der Waals surface area contributed by atoms with Crippen molar-refractivity contribution in [1.82, 2.24) is 30.8 Å². The molecular formula is C17H28N6O6S. The van der Waals surface area contributed by atoms with E-state index in [0.717, 1.165) is 45.3 Å². The molecule has 3 aliphatic rings. The number of hydrogen-bond acceptors (Lipinski definition) is 9. The van der Waals surface area contributed by atoms with Crippen LogP contribution in [0.3, 0.4) is 0 Å². The van der Waals surface area contributed by atoms with Crippen molar-refractivity contribution in [3.63, 3.8) is 0 Å². The summed E-state index contributed by atoms with van der Waals surface area (Å²) in [5.74, 6) is 0.880. The quantitative estimate of drug-likeness (QED) is 0.361. The van der Waals surface area contributed by atoms with Crippen molar-refractivity contribution in [3.8, 4) is 0 Å². The maximum absolute atomic E-state index is 12.5. The Morgan fingerprint density at radius 1 is 1.20 bits per heavy atom. The summed E-state index contributed by atoms with van der Waals surface area (Å²) in [6.45, 7) is 3.38. The zero-order valence-electron chi connectivity index (χ0n) is 16.7. The molecule has 13 heteroatoms. The highest BCUT2D eigenvalue weighted by Crippen LogP contribution is 2.38. The van der Waals surface area contributed by atoms with E-state index in [4.69, 9.17) is 8.97 Å². The van der Waals surface area contributed by atoms with Crippen LogP contribution in [0.4, 0.5) is 4.79 Å². The lowest BCUT2D eigenvalue weighted by Gasteiger charge is -2.27. The van der Waals surface area contributed by atoms with Crippen LogP contribution in [-0.2, 0) is 21.1 Å². The number of aryl methyl sites for hydroxylation is 1. The van der Waals surface area contributed by atoms with Gasteiger partial charge < -0.3 is 20.0 Å². The molecule has 3 aliphatic heterocycles. The fourth-order valence-electron chi connectivity index (χ4n) is 4.32. The number of rotatable bonds is 9. The average molecular weight is 445 g/mol. The Morgan fingerprint density at radius 3 is 2.77 bits per heavy atom. The molecule has 2 unspecified atom stereocenters. The summed E-state index contributed by atoms with van der Waals surface area (Å²) in [4.78, 5) is 13.9. The van der Waals surface area contributed by atoms with E-state index < -0.39 is 28.5 Å². The molecular weight excluding hydrogens is 416 g/mol. The van der Waals surface area contributed by atoms with Crippen molar-refractivity contribution < 1.29 is 26.5 Å². The van der Waals surface area contributed by atoms with E-state index in [2.05, 4.69) is 25.1 Å². The predicted molar refractivity (Wildman–Crippen MR) is 103 cm³/mol. The van der Waals surface area contributed by atoms with Crippen LogP contribution >= 0.6 is 0 Å². The van der Waals surface area contributed by atoms with Crippen molar-refractivity contribution in [2.24, 2.45) is 0 Å². The van der Waals surface area contributed by atoms with Gasteiger partial charge in [0.2, 0.25) is 11.8 Å². The Morgan fingerprint density at radius 2 is 2.00 bits per heavy atom. The largest absolute Gasteiger partial charge is 0.423 e. The van der Waals surface area contributed by atoms with Crippen LogP contribution in [-0.4, -0.2) is 77.4 Å². The first kappa shape index (κ1) is 21.4. The number of nitrogens with zero attached hydrogens (tertiary/aromatic N) is 4. The molecule has 3 N–H and O–H groups in total. The second-order valence-electron chi connectivity index (χ2n) is 7.98. The Bertz CT molecular complexity index is 842. The van der Waals surface area contributed by atoms with Gasteiger partial charge in [0.25, 0.3) is 0 Å². The van der Waals surface area contributed by atoms with Gasteiger partial charge in [0, 0.05) is 19.0 Å². The molecule has 3 saturated heterocycles. The molecule has 168 valence electrons. The van der Waals surface area contributed by atoms with E-state index >= 15 is 0 Å². The normalized spacial score (nSPS) is 25.3. The summed E-state index contributed by atoms with van der Waals surface area (Å²) in [5, 5.41) is 15.8. The number of aromatic nitrogens is 2. The average Bonchev–Trinajstić information content (AvgIpc) is 3.27. The number of fused-ring (bicyclic) bond motifs is 2. The molecule has 2 bridgehead atoms. The number of piperidine rings is 2. The van der Waals surface area contributed by atoms with E-state index in [1.165, 1.54) is 4.90 Å². The van der Waals surface area contributed by atoms with E-state index in [0.29, 0.717) is 42.1 Å². The molecule has 1 aromatic heterocycles. The van der Waals surface area contributed by atoms with Gasteiger partial charge in [-0.2, -0.15) is 13.5 Å². The highest BCUT2D eigenvalue weighted by molar-refractivity contribution is 7.80. The van der Waals surface area contributed by atoms with Gasteiger partial charge in [0.15, 0.2) is 0 Å². The lowest BCUT2D eigenvalue weighted by atomic mass is 10.0. The van der Waals surface area contributed by atoms with Crippen LogP contribution in [0.15, 0.2) is 4.42 Å². The van der Waals surface area contributed by atoms with Gasteiger partial charge in [-0.05, 0) is 58.2 Å². The van der Waals surface area contributed by atoms with Crippen molar-refractivity contribution in [3.05, 3.63) is 11.8 Å². The predicted octanol–water partition coefficient (Wildman–Crippen LogP) is 0.409. The van der Waals surface area contributed by atoms with Crippen molar-refractivity contribution in [2.45, 2.75) is 63.1 Å². The van der Waals surface area contributed by atoms with Crippen LogP contribution in [0, 0.1) is 0 Å². The molecule has 2 amide bonds. The van der Waals surface area contributed by atoms with E-state index in [1.807, 2.05) is 0 Å². The molecule has 0 radical (unpaired) electrons. The Labute approximate surface area is 175 Å². The third-order valence-corrected chi connectivity index (χ3v) is 6.20. The van der Waals surface area contributed by atoms with Gasteiger partial charge >= 0.3 is 16.4 Å². The molecule has 30 heavy (non-hydrogen) atoms. The molecule has 4 rings (SSSR count). The maximum Gasteiger partial charge on any atom is 0.418 e. The Hall–Kier alpha value is -1.80. The van der Waals surface area contributed by atoms with Gasteiger partial charge in [-0.1, -0.05) is 0 Å². The molecule has 0 aliphatic carbocycles. The lowest BCUT2D eigenvalue weighted by molar-refractivity contribution is -0.0317.